The number of hydrogen-bond donors (Lipinski definition) is 1. The Morgan fingerprint density at radius 1 is 1.18 bits per heavy atom. The molecular weight excluding hydrogens is 308 g/mol. The molecule has 7 nitrogen and oxygen atoms in total. The molecule has 1 atom stereocenters. The molecule has 0 saturated carbocycles. The van der Waals surface area contributed by atoms with Crippen LogP contribution >= 0.6 is 12.4 Å². The molecule has 126 valence electrons. The summed E-state index contributed by atoms with van der Waals surface area (Å²) in [5.41, 5.74) is 0. The van der Waals surface area contributed by atoms with Crippen LogP contribution in [0.3, 0.4) is 0 Å². The lowest BCUT2D eigenvalue weighted by Crippen LogP contribution is -2.57. The van der Waals surface area contributed by atoms with Gasteiger partial charge in [0.15, 0.2) is 0 Å². The van der Waals surface area contributed by atoms with E-state index in [1.807, 2.05) is 18.9 Å². The zero-order chi connectivity index (χ0) is 15.4. The first kappa shape index (κ1) is 18.7. The van der Waals surface area contributed by atoms with Gasteiger partial charge in [-0.25, -0.2) is 0 Å². The van der Waals surface area contributed by atoms with Gasteiger partial charge in [-0.3, -0.25) is 14.4 Å². The van der Waals surface area contributed by atoms with E-state index in [1.165, 1.54) is 9.80 Å². The van der Waals surface area contributed by atoms with Crippen molar-refractivity contribution in [2.75, 3.05) is 46.3 Å². The predicted molar refractivity (Wildman–Crippen MR) is 84.7 cm³/mol. The molecule has 3 amide bonds. The number of hydrogen-bond acceptors (Lipinski definition) is 4. The van der Waals surface area contributed by atoms with Crippen LogP contribution in [0, 0.1) is 0 Å². The maximum Gasteiger partial charge on any atom is 0.312 e. The predicted octanol–water partition coefficient (Wildman–Crippen LogP) is -0.691. The molecule has 0 aromatic carbocycles. The molecule has 0 radical (unpaired) electrons. The molecule has 2 aliphatic heterocycles. The lowest BCUT2D eigenvalue weighted by Gasteiger charge is -2.34. The molecular formula is C14H25ClN4O3. The normalized spacial score (nSPS) is 22.1. The SMILES string of the molecule is CCN1CCN(CC(=O)N2CCCC2CNC)C(=O)C1=O.Cl. The second kappa shape index (κ2) is 8.33. The summed E-state index contributed by atoms with van der Waals surface area (Å²) in [7, 11) is 1.87. The second-order valence-electron chi connectivity index (χ2n) is 5.55. The van der Waals surface area contributed by atoms with Crippen LogP contribution in [0.25, 0.3) is 0 Å². The molecule has 1 N–H and O–H groups in total. The summed E-state index contributed by atoms with van der Waals surface area (Å²) < 4.78 is 0. The van der Waals surface area contributed by atoms with Crippen molar-refractivity contribution in [3.8, 4) is 0 Å². The number of halogens is 1. The van der Waals surface area contributed by atoms with E-state index in [0.29, 0.717) is 19.6 Å². The minimum atomic E-state index is -0.555. The highest BCUT2D eigenvalue weighted by molar-refractivity contribution is 6.35. The Labute approximate surface area is 137 Å². The Kier molecular flexibility index (Phi) is 7.09. The van der Waals surface area contributed by atoms with Crippen molar-refractivity contribution in [3.63, 3.8) is 0 Å². The maximum absolute atomic E-state index is 12.4. The van der Waals surface area contributed by atoms with Gasteiger partial charge >= 0.3 is 11.8 Å². The molecule has 2 rings (SSSR count). The van der Waals surface area contributed by atoms with Crippen LogP contribution in [-0.4, -0.2) is 84.8 Å². The fourth-order valence-electron chi connectivity index (χ4n) is 3.03. The smallest absolute Gasteiger partial charge is 0.312 e. The van der Waals surface area contributed by atoms with Gasteiger partial charge in [-0.05, 0) is 26.8 Å². The summed E-state index contributed by atoms with van der Waals surface area (Å²) in [5.74, 6) is -1.11. The van der Waals surface area contributed by atoms with Crippen molar-refractivity contribution < 1.29 is 14.4 Å². The highest BCUT2D eigenvalue weighted by Gasteiger charge is 2.35. The number of carbonyl (C=O) groups is 3. The van der Waals surface area contributed by atoms with Gasteiger partial charge in [-0.2, -0.15) is 0 Å². The monoisotopic (exact) mass is 332 g/mol. The number of rotatable bonds is 5. The molecule has 2 heterocycles. The van der Waals surface area contributed by atoms with Gasteiger partial charge < -0.3 is 20.0 Å². The van der Waals surface area contributed by atoms with Gasteiger partial charge in [0.1, 0.15) is 6.54 Å². The Balaban J connectivity index is 0.00000242. The molecule has 0 aromatic heterocycles. The zero-order valence-electron chi connectivity index (χ0n) is 13.2. The first-order valence-corrected chi connectivity index (χ1v) is 7.60. The summed E-state index contributed by atoms with van der Waals surface area (Å²) in [5, 5.41) is 3.09. The first-order chi connectivity index (χ1) is 10.1. The van der Waals surface area contributed by atoms with Crippen molar-refractivity contribution >= 4 is 30.1 Å². The maximum atomic E-state index is 12.4. The standard InChI is InChI=1S/C14H24N4O3.ClH/c1-3-16-7-8-17(14(21)13(16)20)10-12(19)18-6-4-5-11(18)9-15-2;/h11,15H,3-10H2,1-2H3;1H. The van der Waals surface area contributed by atoms with Crippen molar-refractivity contribution in [1.29, 1.82) is 0 Å². The van der Waals surface area contributed by atoms with E-state index < -0.39 is 11.8 Å². The van der Waals surface area contributed by atoms with Crippen LogP contribution in [0.5, 0.6) is 0 Å². The van der Waals surface area contributed by atoms with Gasteiger partial charge in [-0.15, -0.1) is 12.4 Å². The van der Waals surface area contributed by atoms with Gasteiger partial charge in [0.25, 0.3) is 0 Å². The molecule has 8 heteroatoms. The Morgan fingerprint density at radius 2 is 1.82 bits per heavy atom. The number of likely N-dealkylation sites (tertiary alicyclic amines) is 1. The average Bonchev–Trinajstić information content (AvgIpc) is 2.93. The summed E-state index contributed by atoms with van der Waals surface area (Å²) in [4.78, 5) is 41.0. The van der Waals surface area contributed by atoms with Crippen LogP contribution in [0.1, 0.15) is 19.8 Å². The Bertz CT molecular complexity index is 432. The minimum Gasteiger partial charge on any atom is -0.337 e. The number of nitrogens with zero attached hydrogens (tertiary/aromatic N) is 3. The topological polar surface area (TPSA) is 73.0 Å². The second-order valence-corrected chi connectivity index (χ2v) is 5.55. The van der Waals surface area contributed by atoms with E-state index in [9.17, 15) is 14.4 Å². The molecule has 2 aliphatic rings. The van der Waals surface area contributed by atoms with E-state index in [4.69, 9.17) is 0 Å². The van der Waals surface area contributed by atoms with Gasteiger partial charge in [0.05, 0.1) is 0 Å². The third-order valence-electron chi connectivity index (χ3n) is 4.24. The van der Waals surface area contributed by atoms with Crippen molar-refractivity contribution in [2.45, 2.75) is 25.8 Å². The van der Waals surface area contributed by atoms with Crippen molar-refractivity contribution in [1.82, 2.24) is 20.0 Å². The molecule has 0 spiro atoms. The molecule has 2 fully saturated rings. The number of likely N-dealkylation sites (N-methyl/N-ethyl adjacent to an activating group) is 2. The number of piperazine rings is 1. The van der Waals surface area contributed by atoms with E-state index in [-0.39, 0.29) is 30.9 Å². The van der Waals surface area contributed by atoms with Gasteiger partial charge in [0, 0.05) is 38.8 Å². The molecule has 1 unspecified atom stereocenters. The van der Waals surface area contributed by atoms with Crippen LogP contribution in [0.4, 0.5) is 0 Å². The fraction of sp³-hybridized carbons (Fsp3) is 0.786. The lowest BCUT2D eigenvalue weighted by molar-refractivity contribution is -0.157. The number of nitrogens with one attached hydrogen (secondary N) is 1. The first-order valence-electron chi connectivity index (χ1n) is 7.60. The summed E-state index contributed by atoms with van der Waals surface area (Å²) in [6.45, 7) is 4.84. The Morgan fingerprint density at radius 3 is 2.45 bits per heavy atom. The minimum absolute atomic E-state index is 0. The molecule has 0 aromatic rings. The Hall–Kier alpha value is -1.34. The van der Waals surface area contributed by atoms with Gasteiger partial charge in [0.2, 0.25) is 5.91 Å². The van der Waals surface area contributed by atoms with Crippen molar-refractivity contribution in [3.05, 3.63) is 0 Å². The van der Waals surface area contributed by atoms with E-state index >= 15 is 0 Å². The molecule has 2 saturated heterocycles. The lowest BCUT2D eigenvalue weighted by atomic mass is 10.2. The van der Waals surface area contributed by atoms with E-state index in [0.717, 1.165) is 25.9 Å². The highest BCUT2D eigenvalue weighted by Crippen LogP contribution is 2.17. The number of amides is 3. The zero-order valence-corrected chi connectivity index (χ0v) is 14.0. The summed E-state index contributed by atoms with van der Waals surface area (Å²) in [6, 6.07) is 0.199. The third kappa shape index (κ3) is 3.89. The van der Waals surface area contributed by atoms with Gasteiger partial charge in [-0.1, -0.05) is 0 Å². The van der Waals surface area contributed by atoms with Crippen LogP contribution in [0.2, 0.25) is 0 Å². The average molecular weight is 333 g/mol. The fourth-order valence-corrected chi connectivity index (χ4v) is 3.03. The van der Waals surface area contributed by atoms with Crippen molar-refractivity contribution in [2.24, 2.45) is 0 Å². The van der Waals surface area contributed by atoms with Crippen LogP contribution in [0.15, 0.2) is 0 Å². The number of carbonyl (C=O) groups excluding carboxylic acids is 3. The third-order valence-corrected chi connectivity index (χ3v) is 4.24. The van der Waals surface area contributed by atoms with Crippen LogP contribution in [-0.2, 0) is 14.4 Å². The van der Waals surface area contributed by atoms with E-state index in [1.54, 1.807) is 0 Å². The quantitative estimate of drug-likeness (QED) is 0.676. The molecule has 0 bridgehead atoms. The van der Waals surface area contributed by atoms with E-state index in [2.05, 4.69) is 5.32 Å². The summed E-state index contributed by atoms with van der Waals surface area (Å²) >= 11 is 0. The highest BCUT2D eigenvalue weighted by atomic mass is 35.5. The largest absolute Gasteiger partial charge is 0.337 e. The summed E-state index contributed by atoms with van der Waals surface area (Å²) in [6.07, 6.45) is 1.98. The van der Waals surface area contributed by atoms with Crippen LogP contribution < -0.4 is 5.32 Å². The molecule has 22 heavy (non-hydrogen) atoms. The molecule has 0 aliphatic carbocycles.